The Labute approximate surface area is 123 Å². The third-order valence-corrected chi connectivity index (χ3v) is 5.21. The molecule has 0 atom stereocenters. The van der Waals surface area contributed by atoms with E-state index in [2.05, 4.69) is 31.2 Å². The minimum atomic E-state index is 0.623. The number of hydrogen-bond donors (Lipinski definition) is 0. The van der Waals surface area contributed by atoms with Gasteiger partial charge in [0.15, 0.2) is 10.8 Å². The smallest absolute Gasteiger partial charge is 0.235 e. The van der Waals surface area contributed by atoms with E-state index < -0.39 is 0 Å². The molecule has 0 radical (unpaired) electrons. The van der Waals surface area contributed by atoms with Crippen molar-refractivity contribution in [2.75, 3.05) is 0 Å². The maximum absolute atomic E-state index is 5.34. The van der Waals surface area contributed by atoms with Crippen molar-refractivity contribution in [2.45, 2.75) is 0 Å². The standard InChI is InChI=1S/C11H5BrN4OS2/c12-8-4-3-7(18-8)10-15-16-9(6-2-1-5-17-6)13-14-11(16)19-10/h1-5H. The minimum Gasteiger partial charge on any atom is -0.461 e. The zero-order valence-corrected chi connectivity index (χ0v) is 12.5. The van der Waals surface area contributed by atoms with Gasteiger partial charge in [-0.05, 0) is 40.2 Å². The molecule has 0 amide bonds. The molecular formula is C11H5BrN4OS2. The fraction of sp³-hybridized carbons (Fsp3) is 0. The molecule has 19 heavy (non-hydrogen) atoms. The van der Waals surface area contributed by atoms with Crippen molar-refractivity contribution in [3.63, 3.8) is 0 Å². The summed E-state index contributed by atoms with van der Waals surface area (Å²) in [4.78, 5) is 1.86. The maximum atomic E-state index is 5.34. The number of thiophene rings is 1. The highest BCUT2D eigenvalue weighted by Gasteiger charge is 2.16. The summed E-state index contributed by atoms with van der Waals surface area (Å²) in [5.41, 5.74) is 0. The largest absolute Gasteiger partial charge is 0.461 e. The van der Waals surface area contributed by atoms with Crippen LogP contribution in [-0.2, 0) is 0 Å². The Hall–Kier alpha value is -1.51. The number of aromatic nitrogens is 4. The molecule has 0 saturated carbocycles. The first-order valence-electron chi connectivity index (χ1n) is 5.33. The van der Waals surface area contributed by atoms with Crippen LogP contribution in [0.25, 0.3) is 26.4 Å². The van der Waals surface area contributed by atoms with Crippen LogP contribution in [-0.4, -0.2) is 19.8 Å². The van der Waals surface area contributed by atoms with E-state index in [9.17, 15) is 0 Å². The van der Waals surface area contributed by atoms with Gasteiger partial charge in [-0.3, -0.25) is 0 Å². The van der Waals surface area contributed by atoms with E-state index >= 15 is 0 Å². The molecule has 0 aliphatic heterocycles. The van der Waals surface area contributed by atoms with E-state index in [0.717, 1.165) is 18.6 Å². The monoisotopic (exact) mass is 352 g/mol. The first kappa shape index (κ1) is 11.3. The van der Waals surface area contributed by atoms with Crippen LogP contribution in [0.1, 0.15) is 0 Å². The minimum absolute atomic E-state index is 0.623. The molecule has 0 spiro atoms. The molecule has 5 nitrogen and oxygen atoms in total. The zero-order valence-electron chi connectivity index (χ0n) is 9.28. The number of fused-ring (bicyclic) bond motifs is 1. The molecule has 0 aromatic carbocycles. The SMILES string of the molecule is Brc1ccc(-c2nn3c(-c4ccco4)nnc3s2)s1. The zero-order chi connectivity index (χ0) is 12.8. The van der Waals surface area contributed by atoms with E-state index in [0.29, 0.717) is 11.6 Å². The Balaban J connectivity index is 1.89. The highest BCUT2D eigenvalue weighted by molar-refractivity contribution is 9.11. The second-order valence-corrected chi connectivity index (χ2v) is 7.13. The van der Waals surface area contributed by atoms with Gasteiger partial charge in [0.2, 0.25) is 10.8 Å². The summed E-state index contributed by atoms with van der Waals surface area (Å²) in [7, 11) is 0. The summed E-state index contributed by atoms with van der Waals surface area (Å²) in [5, 5.41) is 13.7. The van der Waals surface area contributed by atoms with Crippen molar-refractivity contribution in [2.24, 2.45) is 0 Å². The lowest BCUT2D eigenvalue weighted by Crippen LogP contribution is -1.88. The molecule has 0 bridgehead atoms. The van der Waals surface area contributed by atoms with Crippen molar-refractivity contribution in [3.8, 4) is 21.5 Å². The number of rotatable bonds is 2. The molecule has 4 aromatic heterocycles. The quantitative estimate of drug-likeness (QED) is 0.548. The van der Waals surface area contributed by atoms with Crippen molar-refractivity contribution in [3.05, 3.63) is 34.3 Å². The van der Waals surface area contributed by atoms with Crippen LogP contribution in [0.3, 0.4) is 0 Å². The van der Waals surface area contributed by atoms with E-state index in [1.54, 1.807) is 22.1 Å². The van der Waals surface area contributed by atoms with Crippen LogP contribution < -0.4 is 0 Å². The maximum Gasteiger partial charge on any atom is 0.235 e. The van der Waals surface area contributed by atoms with Crippen molar-refractivity contribution in [1.82, 2.24) is 19.8 Å². The fourth-order valence-electron chi connectivity index (χ4n) is 1.71. The molecule has 0 fully saturated rings. The number of furan rings is 1. The van der Waals surface area contributed by atoms with E-state index in [1.165, 1.54) is 11.3 Å². The van der Waals surface area contributed by atoms with Gasteiger partial charge in [-0.2, -0.15) is 9.61 Å². The van der Waals surface area contributed by atoms with Gasteiger partial charge in [0, 0.05) is 0 Å². The molecule has 4 rings (SSSR count). The Morgan fingerprint density at radius 3 is 2.84 bits per heavy atom. The third-order valence-electron chi connectivity index (χ3n) is 2.52. The van der Waals surface area contributed by atoms with Gasteiger partial charge in [0.05, 0.1) is 14.9 Å². The summed E-state index contributed by atoms with van der Waals surface area (Å²) in [6.07, 6.45) is 1.61. The van der Waals surface area contributed by atoms with Gasteiger partial charge in [-0.1, -0.05) is 11.3 Å². The summed E-state index contributed by atoms with van der Waals surface area (Å²) >= 11 is 6.61. The van der Waals surface area contributed by atoms with Gasteiger partial charge < -0.3 is 4.42 Å². The topological polar surface area (TPSA) is 56.2 Å². The molecule has 0 aliphatic carbocycles. The van der Waals surface area contributed by atoms with Gasteiger partial charge >= 0.3 is 0 Å². The highest BCUT2D eigenvalue weighted by atomic mass is 79.9. The first-order valence-corrected chi connectivity index (χ1v) is 7.76. The predicted molar refractivity (Wildman–Crippen MR) is 77.4 cm³/mol. The van der Waals surface area contributed by atoms with Gasteiger partial charge in [-0.25, -0.2) is 0 Å². The highest BCUT2D eigenvalue weighted by Crippen LogP contribution is 2.34. The van der Waals surface area contributed by atoms with Gasteiger partial charge in [0.1, 0.15) is 0 Å². The van der Waals surface area contributed by atoms with Crippen LogP contribution in [0, 0.1) is 0 Å². The second kappa shape index (κ2) is 4.26. The number of nitrogens with zero attached hydrogens (tertiary/aromatic N) is 4. The Bertz CT molecular complexity index is 845. The Morgan fingerprint density at radius 1 is 1.16 bits per heavy atom. The molecule has 0 aliphatic rings. The normalized spacial score (nSPS) is 11.4. The molecule has 0 N–H and O–H groups in total. The van der Waals surface area contributed by atoms with Crippen LogP contribution in [0.4, 0.5) is 0 Å². The van der Waals surface area contributed by atoms with Crippen LogP contribution >= 0.6 is 38.6 Å². The molecule has 94 valence electrons. The van der Waals surface area contributed by atoms with Crippen molar-refractivity contribution in [1.29, 1.82) is 0 Å². The number of hydrogen-bond acceptors (Lipinski definition) is 6. The second-order valence-electron chi connectivity index (χ2n) is 3.71. The lowest BCUT2D eigenvalue weighted by atomic mass is 10.4. The predicted octanol–water partition coefficient (Wildman–Crippen LogP) is 3.94. The molecule has 4 aromatic rings. The lowest BCUT2D eigenvalue weighted by Gasteiger charge is -1.90. The van der Waals surface area contributed by atoms with Crippen LogP contribution in [0.5, 0.6) is 0 Å². The van der Waals surface area contributed by atoms with E-state index in [-0.39, 0.29) is 0 Å². The summed E-state index contributed by atoms with van der Waals surface area (Å²) < 4.78 is 8.14. The molecule has 4 heterocycles. The van der Waals surface area contributed by atoms with Crippen LogP contribution in [0.2, 0.25) is 0 Å². The van der Waals surface area contributed by atoms with Crippen LogP contribution in [0.15, 0.2) is 38.7 Å². The third kappa shape index (κ3) is 1.83. The molecule has 0 unspecified atom stereocenters. The molecule has 8 heteroatoms. The Kier molecular flexibility index (Phi) is 2.54. The molecular weight excluding hydrogens is 348 g/mol. The summed E-state index contributed by atoms with van der Waals surface area (Å²) in [5.74, 6) is 1.29. The average molecular weight is 353 g/mol. The Morgan fingerprint density at radius 2 is 2.11 bits per heavy atom. The van der Waals surface area contributed by atoms with Gasteiger partial charge in [0.25, 0.3) is 0 Å². The molecule has 0 saturated heterocycles. The number of halogens is 1. The average Bonchev–Trinajstić information content (AvgIpc) is 3.11. The first-order chi connectivity index (χ1) is 9.31. The van der Waals surface area contributed by atoms with Crippen molar-refractivity contribution >= 4 is 43.6 Å². The lowest BCUT2D eigenvalue weighted by molar-refractivity contribution is 0.575. The van der Waals surface area contributed by atoms with E-state index in [1.807, 2.05) is 24.3 Å². The van der Waals surface area contributed by atoms with Crippen molar-refractivity contribution < 1.29 is 4.42 Å². The summed E-state index contributed by atoms with van der Waals surface area (Å²) in [6.45, 7) is 0. The van der Waals surface area contributed by atoms with Gasteiger partial charge in [-0.15, -0.1) is 21.5 Å². The summed E-state index contributed by atoms with van der Waals surface area (Å²) in [6, 6.07) is 7.71. The van der Waals surface area contributed by atoms with E-state index in [4.69, 9.17) is 4.42 Å². The fourth-order valence-corrected chi connectivity index (χ4v) is 3.98.